The molecule has 2 N–H and O–H groups in total. The lowest BCUT2D eigenvalue weighted by atomic mass is 10.4. The van der Waals surface area contributed by atoms with Crippen molar-refractivity contribution in [2.75, 3.05) is 40.3 Å². The van der Waals surface area contributed by atoms with Crippen molar-refractivity contribution in [2.45, 2.75) is 26.7 Å². The molecule has 1 heterocycles. The van der Waals surface area contributed by atoms with Gasteiger partial charge in [-0.05, 0) is 25.9 Å². The van der Waals surface area contributed by atoms with Gasteiger partial charge in [-0.3, -0.25) is 4.79 Å². The second-order valence-electron chi connectivity index (χ2n) is 3.58. The molecule has 1 aliphatic heterocycles. The Morgan fingerprint density at radius 1 is 1.39 bits per heavy atom. The van der Waals surface area contributed by atoms with Crippen LogP contribution in [-0.4, -0.2) is 62.6 Å². The van der Waals surface area contributed by atoms with Gasteiger partial charge in [0.25, 0.3) is 0 Å². The summed E-state index contributed by atoms with van der Waals surface area (Å²) in [6.07, 6.45) is 2.59. The molecule has 2 amide bonds. The van der Waals surface area contributed by atoms with Crippen LogP contribution in [0.15, 0.2) is 0 Å². The molecule has 6 nitrogen and oxygen atoms in total. The molecule has 0 aromatic heterocycles. The fourth-order valence-electron chi connectivity index (χ4n) is 1.54. The lowest BCUT2D eigenvalue weighted by Gasteiger charge is -2.20. The van der Waals surface area contributed by atoms with E-state index in [4.69, 9.17) is 4.79 Å². The van der Waals surface area contributed by atoms with Gasteiger partial charge >= 0.3 is 6.09 Å². The maximum atomic E-state index is 11.0. The number of carbonyl (C=O) groups is 2. The summed E-state index contributed by atoms with van der Waals surface area (Å²) in [7, 11) is 3.18. The van der Waals surface area contributed by atoms with E-state index in [-0.39, 0.29) is 12.5 Å². The normalized spacial score (nSPS) is 13.6. The number of hydrogen-bond acceptors (Lipinski definition) is 4. The molecule has 1 aliphatic rings. The fourth-order valence-corrected chi connectivity index (χ4v) is 1.54. The second-order valence-corrected chi connectivity index (χ2v) is 3.58. The van der Waals surface area contributed by atoms with E-state index in [1.165, 1.54) is 33.0 Å². The van der Waals surface area contributed by atoms with Crippen molar-refractivity contribution >= 4 is 12.5 Å². The lowest BCUT2D eigenvalue weighted by molar-refractivity contribution is -0.106. The van der Waals surface area contributed by atoms with E-state index in [0.29, 0.717) is 0 Å². The Bertz CT molecular complexity index is 207. The van der Waals surface area contributed by atoms with Gasteiger partial charge in [-0.1, -0.05) is 13.8 Å². The molecule has 0 saturated carbocycles. The largest absolute Gasteiger partial charge is 0.453 e. The highest BCUT2D eigenvalue weighted by molar-refractivity contribution is 5.66. The molecule has 108 valence electrons. The minimum absolute atomic E-state index is 0.250. The predicted molar refractivity (Wildman–Crippen MR) is 72.3 cm³/mol. The molecule has 0 spiro atoms. The number of methoxy groups -OCH3 is 1. The summed E-state index contributed by atoms with van der Waals surface area (Å²) in [4.78, 5) is 23.6. The number of amides is 2. The molecular weight excluding hydrogens is 234 g/mol. The first-order valence-electron chi connectivity index (χ1n) is 6.32. The first kappa shape index (κ1) is 19.0. The Kier molecular flexibility index (Phi) is 14.6. The highest BCUT2D eigenvalue weighted by Crippen LogP contribution is 2.06. The van der Waals surface area contributed by atoms with E-state index in [1.54, 1.807) is 11.9 Å². The van der Waals surface area contributed by atoms with Crippen LogP contribution >= 0.6 is 0 Å². The van der Waals surface area contributed by atoms with Crippen LogP contribution in [0.25, 0.3) is 0 Å². The van der Waals surface area contributed by atoms with Gasteiger partial charge in [-0.15, -0.1) is 0 Å². The molecule has 0 aliphatic carbocycles. The highest BCUT2D eigenvalue weighted by Gasteiger charge is 2.13. The maximum absolute atomic E-state index is 11.0. The molecule has 0 bridgehead atoms. The number of nitrogens with zero attached hydrogens (tertiary/aromatic N) is 2. The van der Waals surface area contributed by atoms with Crippen LogP contribution in [0.1, 0.15) is 26.7 Å². The number of likely N-dealkylation sites (tertiary alicyclic amines) is 1. The molecule has 1 fully saturated rings. The lowest BCUT2D eigenvalue weighted by Crippen LogP contribution is -2.35. The molecule has 6 heteroatoms. The van der Waals surface area contributed by atoms with Crippen molar-refractivity contribution in [1.82, 2.24) is 9.80 Å². The van der Waals surface area contributed by atoms with Crippen LogP contribution in [0, 0.1) is 0 Å². The number of nitrogens with two attached hydrogens (primary N) is 1. The van der Waals surface area contributed by atoms with E-state index in [2.05, 4.69) is 15.4 Å². The van der Waals surface area contributed by atoms with Crippen molar-refractivity contribution in [3.63, 3.8) is 0 Å². The van der Waals surface area contributed by atoms with Crippen molar-refractivity contribution in [1.29, 1.82) is 0 Å². The second kappa shape index (κ2) is 13.8. The molecule has 1 rings (SSSR count). The van der Waals surface area contributed by atoms with Crippen LogP contribution < -0.4 is 5.73 Å². The third-order valence-electron chi connectivity index (χ3n) is 2.44. The Labute approximate surface area is 110 Å². The summed E-state index contributed by atoms with van der Waals surface area (Å²) >= 11 is 0. The van der Waals surface area contributed by atoms with Crippen LogP contribution in [-0.2, 0) is 9.53 Å². The Hall–Kier alpha value is -1.30. The number of primary amides is 1. The SMILES string of the molecule is CC.COC(=O)N(C)CCN1CCCC1.NC=O. The van der Waals surface area contributed by atoms with Gasteiger partial charge in [-0.25, -0.2) is 4.79 Å². The van der Waals surface area contributed by atoms with Gasteiger partial charge in [-0.2, -0.15) is 0 Å². The monoisotopic (exact) mass is 261 g/mol. The van der Waals surface area contributed by atoms with Gasteiger partial charge < -0.3 is 20.3 Å². The average molecular weight is 261 g/mol. The summed E-state index contributed by atoms with van der Waals surface area (Å²) < 4.78 is 4.60. The van der Waals surface area contributed by atoms with E-state index < -0.39 is 0 Å². The van der Waals surface area contributed by atoms with Crippen molar-refractivity contribution in [2.24, 2.45) is 5.73 Å². The first-order valence-corrected chi connectivity index (χ1v) is 6.32. The number of likely N-dealkylation sites (N-methyl/N-ethyl adjacent to an activating group) is 1. The third kappa shape index (κ3) is 9.89. The summed E-state index contributed by atoms with van der Waals surface area (Å²) in [5, 5.41) is 0. The smallest absolute Gasteiger partial charge is 0.409 e. The quantitative estimate of drug-likeness (QED) is 0.766. The van der Waals surface area contributed by atoms with Crippen molar-refractivity contribution in [3.05, 3.63) is 0 Å². The molecule has 0 aromatic rings. The van der Waals surface area contributed by atoms with Crippen LogP contribution in [0.3, 0.4) is 0 Å². The van der Waals surface area contributed by atoms with E-state index in [9.17, 15) is 4.79 Å². The fraction of sp³-hybridized carbons (Fsp3) is 0.833. The molecule has 18 heavy (non-hydrogen) atoms. The zero-order valence-corrected chi connectivity index (χ0v) is 12.0. The predicted octanol–water partition coefficient (Wildman–Crippen LogP) is 0.908. The topological polar surface area (TPSA) is 75.9 Å². The molecular formula is C12H27N3O3. The summed E-state index contributed by atoms with van der Waals surface area (Å²) in [5.74, 6) is 0. The summed E-state index contributed by atoms with van der Waals surface area (Å²) in [5.41, 5.74) is 4.17. The zero-order chi connectivity index (χ0) is 14.4. The molecule has 0 radical (unpaired) electrons. The van der Waals surface area contributed by atoms with Crippen LogP contribution in [0.2, 0.25) is 0 Å². The number of hydrogen-bond donors (Lipinski definition) is 1. The number of carbonyl (C=O) groups excluding carboxylic acids is 2. The molecule has 0 aromatic carbocycles. The van der Waals surface area contributed by atoms with E-state index in [0.717, 1.165) is 13.1 Å². The van der Waals surface area contributed by atoms with Crippen LogP contribution in [0.5, 0.6) is 0 Å². The zero-order valence-electron chi connectivity index (χ0n) is 12.0. The van der Waals surface area contributed by atoms with Gasteiger partial charge in [0.05, 0.1) is 7.11 Å². The Balaban J connectivity index is 0. The van der Waals surface area contributed by atoms with E-state index in [1.807, 2.05) is 13.8 Å². The van der Waals surface area contributed by atoms with E-state index >= 15 is 0 Å². The first-order chi connectivity index (χ1) is 8.65. The molecule has 0 atom stereocenters. The maximum Gasteiger partial charge on any atom is 0.409 e. The molecule has 1 saturated heterocycles. The minimum atomic E-state index is -0.251. The standard InChI is InChI=1S/C9H18N2O2.C2H6.CH3NO/c1-10(9(12)13-2)7-8-11-5-3-4-6-11;1-2;2-1-3/h3-8H2,1-2H3;1-2H3;1H,(H2,2,3). The average Bonchev–Trinajstić information content (AvgIpc) is 2.91. The summed E-state index contributed by atoms with van der Waals surface area (Å²) in [6.45, 7) is 8.07. The Morgan fingerprint density at radius 3 is 2.22 bits per heavy atom. The molecule has 0 unspecified atom stereocenters. The van der Waals surface area contributed by atoms with Gasteiger partial charge in [0.1, 0.15) is 0 Å². The van der Waals surface area contributed by atoms with Gasteiger partial charge in [0.2, 0.25) is 6.41 Å². The van der Waals surface area contributed by atoms with Crippen LogP contribution in [0.4, 0.5) is 4.79 Å². The van der Waals surface area contributed by atoms with Crippen molar-refractivity contribution < 1.29 is 14.3 Å². The number of rotatable bonds is 3. The van der Waals surface area contributed by atoms with Gasteiger partial charge in [0.15, 0.2) is 0 Å². The van der Waals surface area contributed by atoms with Crippen molar-refractivity contribution in [3.8, 4) is 0 Å². The summed E-state index contributed by atoms with van der Waals surface area (Å²) in [6, 6.07) is 0. The third-order valence-corrected chi connectivity index (χ3v) is 2.44. The van der Waals surface area contributed by atoms with Gasteiger partial charge in [0, 0.05) is 20.1 Å². The Morgan fingerprint density at radius 2 is 1.83 bits per heavy atom. The highest BCUT2D eigenvalue weighted by atomic mass is 16.5. The minimum Gasteiger partial charge on any atom is -0.453 e. The number of ether oxygens (including phenoxy) is 1.